The van der Waals surface area contributed by atoms with Crippen LogP contribution in [0.3, 0.4) is 0 Å². The Morgan fingerprint density at radius 3 is 2.71 bits per heavy atom. The number of amidine groups is 1. The van der Waals surface area contributed by atoms with Crippen molar-refractivity contribution < 1.29 is 22.7 Å². The van der Waals surface area contributed by atoms with Crippen molar-refractivity contribution in [3.63, 3.8) is 0 Å². The molecule has 5 rings (SSSR count). The molecular weight excluding hydrogens is 533 g/mol. The third-order valence-corrected chi connectivity index (χ3v) is 8.58. The van der Waals surface area contributed by atoms with Crippen LogP contribution in [0.1, 0.15) is 58.8 Å². The minimum absolute atomic E-state index is 0.0179. The van der Waals surface area contributed by atoms with Crippen molar-refractivity contribution in [1.29, 1.82) is 10.7 Å². The van der Waals surface area contributed by atoms with Gasteiger partial charge < -0.3 is 9.64 Å². The van der Waals surface area contributed by atoms with Crippen LogP contribution in [-0.4, -0.2) is 61.5 Å². The third-order valence-electron chi connectivity index (χ3n) is 8.58. The quantitative estimate of drug-likeness (QED) is 0.286. The van der Waals surface area contributed by atoms with Crippen molar-refractivity contribution in [3.8, 4) is 6.07 Å². The summed E-state index contributed by atoms with van der Waals surface area (Å²) in [4.78, 5) is 17.0. The first-order valence-electron chi connectivity index (χ1n) is 13.8. The van der Waals surface area contributed by atoms with Crippen LogP contribution >= 0.6 is 0 Å². The number of alkyl halides is 3. The van der Waals surface area contributed by atoms with Gasteiger partial charge in [0.15, 0.2) is 0 Å². The molecule has 1 amide bonds. The van der Waals surface area contributed by atoms with Gasteiger partial charge in [0.2, 0.25) is 0 Å². The van der Waals surface area contributed by atoms with Crippen molar-refractivity contribution in [2.75, 3.05) is 38.7 Å². The zero-order chi connectivity index (χ0) is 29.5. The molecule has 0 aromatic heterocycles. The first-order chi connectivity index (χ1) is 19.5. The summed E-state index contributed by atoms with van der Waals surface area (Å²) in [5.41, 5.74) is 3.51. The molecule has 1 aliphatic carbocycles. The Morgan fingerprint density at radius 1 is 1.29 bits per heavy atom. The fourth-order valence-corrected chi connectivity index (χ4v) is 6.53. The normalized spacial score (nSPS) is 24.5. The molecule has 11 heteroatoms. The van der Waals surface area contributed by atoms with E-state index in [-0.39, 0.29) is 36.7 Å². The van der Waals surface area contributed by atoms with Gasteiger partial charge in [-0.1, -0.05) is 19.1 Å². The summed E-state index contributed by atoms with van der Waals surface area (Å²) in [5.74, 6) is 0.374. The van der Waals surface area contributed by atoms with Crippen LogP contribution in [-0.2, 0) is 29.4 Å². The molecule has 8 nitrogen and oxygen atoms in total. The summed E-state index contributed by atoms with van der Waals surface area (Å²) in [6.45, 7) is 3.56. The van der Waals surface area contributed by atoms with E-state index >= 15 is 0 Å². The Morgan fingerprint density at radius 2 is 2.05 bits per heavy atom. The van der Waals surface area contributed by atoms with Crippen LogP contribution in [0.25, 0.3) is 0 Å². The number of hydrazine groups is 1. The number of likely N-dealkylation sites (N-methyl/N-ethyl adjacent to an activating group) is 1. The van der Waals surface area contributed by atoms with E-state index in [4.69, 9.17) is 15.4 Å². The lowest BCUT2D eigenvalue weighted by Crippen LogP contribution is -2.55. The minimum atomic E-state index is -4.62. The van der Waals surface area contributed by atoms with Crippen LogP contribution in [0.2, 0.25) is 0 Å². The van der Waals surface area contributed by atoms with Crippen molar-refractivity contribution in [1.82, 2.24) is 15.3 Å². The third kappa shape index (κ3) is 5.44. The van der Waals surface area contributed by atoms with Gasteiger partial charge in [-0.25, -0.2) is 5.43 Å². The highest BCUT2D eigenvalue weighted by atomic mass is 19.4. The number of morpholine rings is 1. The van der Waals surface area contributed by atoms with Crippen molar-refractivity contribution in [2.24, 2.45) is 5.92 Å². The van der Waals surface area contributed by atoms with Crippen LogP contribution in [0.5, 0.6) is 0 Å². The second kappa shape index (κ2) is 11.1. The maximum absolute atomic E-state index is 14.3. The second-order valence-electron chi connectivity index (χ2n) is 11.4. The molecule has 0 unspecified atom stereocenters. The Balaban J connectivity index is 1.46. The number of carbonyl (C=O) groups is 1. The predicted octanol–water partition coefficient (Wildman–Crippen LogP) is 4.69. The molecule has 1 saturated heterocycles. The topological polar surface area (TPSA) is 95.7 Å². The molecule has 2 aliphatic heterocycles. The van der Waals surface area contributed by atoms with Gasteiger partial charge in [-0.2, -0.15) is 18.4 Å². The number of hydrogen-bond donors (Lipinski definition) is 2. The van der Waals surface area contributed by atoms with E-state index in [0.29, 0.717) is 42.7 Å². The number of benzene rings is 2. The summed E-state index contributed by atoms with van der Waals surface area (Å²) in [5, 5.41) is 19.5. The van der Waals surface area contributed by atoms with E-state index in [9.17, 15) is 18.0 Å². The number of fused-ring (bicyclic) bond motifs is 1. The number of amides is 1. The number of nitrogens with one attached hydrogen (secondary N) is 2. The highest BCUT2D eigenvalue weighted by molar-refractivity contribution is 6.10. The number of nitriles is 1. The molecule has 2 N–H and O–H groups in total. The summed E-state index contributed by atoms with van der Waals surface area (Å²) in [6, 6.07) is 12.2. The lowest BCUT2D eigenvalue weighted by Gasteiger charge is -2.49. The molecule has 1 saturated carbocycles. The van der Waals surface area contributed by atoms with Crippen LogP contribution in [0.4, 0.5) is 18.9 Å². The molecule has 2 aromatic rings. The lowest BCUT2D eigenvalue weighted by molar-refractivity contribution is -0.138. The molecule has 1 atom stereocenters. The first kappa shape index (κ1) is 29.0. The summed E-state index contributed by atoms with van der Waals surface area (Å²) in [6.07, 6.45) is -3.15. The average Bonchev–Trinajstić information content (AvgIpc) is 3.26. The van der Waals surface area contributed by atoms with E-state index in [1.54, 1.807) is 31.2 Å². The molecule has 0 radical (unpaired) electrons. The Hall–Kier alpha value is -3.46. The molecule has 0 spiro atoms. The van der Waals surface area contributed by atoms with Gasteiger partial charge in [0.25, 0.3) is 5.91 Å². The fourth-order valence-electron chi connectivity index (χ4n) is 6.53. The van der Waals surface area contributed by atoms with Crippen LogP contribution in [0.15, 0.2) is 36.4 Å². The molecule has 3 aliphatic rings. The molecular formula is C30H35F3N6O2. The second-order valence-corrected chi connectivity index (χ2v) is 11.4. The molecule has 218 valence electrons. The van der Waals surface area contributed by atoms with Gasteiger partial charge in [-0.15, -0.1) is 0 Å². The number of carbonyl (C=O) groups excluding carboxylic acids is 1. The van der Waals surface area contributed by atoms with Gasteiger partial charge in [0.1, 0.15) is 5.84 Å². The predicted molar refractivity (Wildman–Crippen MR) is 148 cm³/mol. The molecule has 0 bridgehead atoms. The zero-order valence-electron chi connectivity index (χ0n) is 23.5. The van der Waals surface area contributed by atoms with Gasteiger partial charge >= 0.3 is 6.18 Å². The smallest absolute Gasteiger partial charge is 0.374 e. The number of halogens is 3. The highest BCUT2D eigenvalue weighted by Crippen LogP contribution is 2.50. The van der Waals surface area contributed by atoms with Crippen LogP contribution < -0.4 is 10.3 Å². The Bertz CT molecular complexity index is 1380. The number of hydrogen-bond acceptors (Lipinski definition) is 6. The average molecular weight is 569 g/mol. The van der Waals surface area contributed by atoms with E-state index in [0.717, 1.165) is 24.5 Å². The van der Waals surface area contributed by atoms with E-state index < -0.39 is 23.1 Å². The summed E-state index contributed by atoms with van der Waals surface area (Å²) < 4.78 is 48.5. The number of rotatable bonds is 7. The standard InChI is InChI=1S/C30H35F3N6O2/c1-19-14-29(15-19,28(35)37(3)36-2)21-5-4-6-22(13-21)39-18-25-24(27(39)40)11-20(12-26(25)30(31,32)33)16-38-9-10-41-23(17-38)7-8-34/h4-6,11-13,19,23,35-36H,7,9-10,14-18H2,1-3H3/t19?,23-,29?/m1/s1. The van der Waals surface area contributed by atoms with Crippen LogP contribution in [0, 0.1) is 22.7 Å². The number of anilines is 1. The largest absolute Gasteiger partial charge is 0.416 e. The first-order valence-corrected chi connectivity index (χ1v) is 13.8. The Labute approximate surface area is 238 Å². The van der Waals surface area contributed by atoms with E-state index in [2.05, 4.69) is 18.4 Å². The zero-order valence-corrected chi connectivity index (χ0v) is 23.5. The SMILES string of the molecule is CNN(C)C(=N)C1(c2cccc(N3Cc4c(cc(CN5CCO[C@H](CC#N)C5)cc4C(F)(F)F)C3=O)c2)CC(C)C1. The summed E-state index contributed by atoms with van der Waals surface area (Å²) in [7, 11) is 3.53. The molecule has 2 fully saturated rings. The van der Waals surface area contributed by atoms with Crippen molar-refractivity contribution in [3.05, 3.63) is 64.2 Å². The maximum atomic E-state index is 14.3. The molecule has 2 aromatic carbocycles. The maximum Gasteiger partial charge on any atom is 0.416 e. The fraction of sp³-hybridized carbons (Fsp3) is 0.500. The van der Waals surface area contributed by atoms with Crippen molar-refractivity contribution >= 4 is 17.4 Å². The monoisotopic (exact) mass is 568 g/mol. The van der Waals surface area contributed by atoms with Gasteiger partial charge in [-0.05, 0) is 59.7 Å². The summed E-state index contributed by atoms with van der Waals surface area (Å²) >= 11 is 0. The molecule has 2 heterocycles. The van der Waals surface area contributed by atoms with Gasteiger partial charge in [0, 0.05) is 45.0 Å². The van der Waals surface area contributed by atoms with Gasteiger partial charge in [-0.3, -0.25) is 20.1 Å². The number of nitrogens with zero attached hydrogens (tertiary/aromatic N) is 4. The Kier molecular flexibility index (Phi) is 7.85. The lowest BCUT2D eigenvalue weighted by atomic mass is 9.58. The van der Waals surface area contributed by atoms with E-state index in [1.165, 1.54) is 4.90 Å². The highest BCUT2D eigenvalue weighted by Gasteiger charge is 2.49. The minimum Gasteiger partial charge on any atom is -0.374 e. The number of ether oxygens (including phenoxy) is 1. The molecule has 41 heavy (non-hydrogen) atoms. The van der Waals surface area contributed by atoms with E-state index in [1.807, 2.05) is 23.1 Å². The van der Waals surface area contributed by atoms with Crippen molar-refractivity contribution in [2.45, 2.75) is 57.0 Å². The van der Waals surface area contributed by atoms with Gasteiger partial charge in [0.05, 0.1) is 42.7 Å².